The zero-order valence-electron chi connectivity index (χ0n) is 17.6. The lowest BCUT2D eigenvalue weighted by atomic mass is 9.95. The molecule has 1 N–H and O–H groups in total. The third-order valence-corrected chi connectivity index (χ3v) is 5.48. The Labute approximate surface area is 185 Å². The molecule has 0 radical (unpaired) electrons. The van der Waals surface area contributed by atoms with Crippen LogP contribution in [0.1, 0.15) is 23.6 Å². The average molecular weight is 446 g/mol. The van der Waals surface area contributed by atoms with Crippen LogP contribution in [0.15, 0.2) is 48.0 Å². The van der Waals surface area contributed by atoms with Gasteiger partial charge >= 0.3 is 0 Å². The van der Waals surface area contributed by atoms with Crippen LogP contribution in [-0.2, 0) is 14.3 Å². The van der Waals surface area contributed by atoms with E-state index in [1.807, 2.05) is 0 Å². The highest BCUT2D eigenvalue weighted by Gasteiger charge is 2.46. The van der Waals surface area contributed by atoms with Crippen molar-refractivity contribution in [2.24, 2.45) is 0 Å². The molecule has 7 nitrogen and oxygen atoms in total. The zero-order valence-corrected chi connectivity index (χ0v) is 18.3. The molecule has 0 aliphatic carbocycles. The Bertz CT molecular complexity index is 1000. The summed E-state index contributed by atoms with van der Waals surface area (Å²) in [4.78, 5) is 27.3. The van der Waals surface area contributed by atoms with E-state index in [1.165, 1.54) is 18.1 Å². The minimum atomic E-state index is -0.773. The van der Waals surface area contributed by atoms with E-state index in [0.717, 1.165) is 0 Å². The van der Waals surface area contributed by atoms with Gasteiger partial charge in [0.1, 0.15) is 17.3 Å². The first kappa shape index (κ1) is 22.7. The molecule has 0 saturated carbocycles. The molecule has 3 rings (SSSR count). The van der Waals surface area contributed by atoms with Gasteiger partial charge in [-0.1, -0.05) is 23.7 Å². The van der Waals surface area contributed by atoms with Gasteiger partial charge in [-0.15, -0.1) is 0 Å². The third kappa shape index (κ3) is 4.52. The van der Waals surface area contributed by atoms with E-state index < -0.39 is 17.7 Å². The number of hydrogen-bond donors (Lipinski definition) is 1. The fourth-order valence-corrected chi connectivity index (χ4v) is 3.79. The second-order valence-electron chi connectivity index (χ2n) is 6.96. The normalized spacial score (nSPS) is 17.8. The Morgan fingerprint density at radius 3 is 2.29 bits per heavy atom. The Morgan fingerprint density at radius 1 is 1.03 bits per heavy atom. The predicted molar refractivity (Wildman–Crippen MR) is 117 cm³/mol. The van der Waals surface area contributed by atoms with E-state index in [4.69, 9.17) is 25.8 Å². The number of aliphatic hydroxyl groups excluding tert-OH is 1. The molecule has 1 atom stereocenters. The Hall–Kier alpha value is -3.03. The van der Waals surface area contributed by atoms with Gasteiger partial charge in [0.2, 0.25) is 0 Å². The van der Waals surface area contributed by atoms with Crippen molar-refractivity contribution in [1.82, 2.24) is 4.90 Å². The molecule has 1 saturated heterocycles. The zero-order chi connectivity index (χ0) is 22.5. The smallest absolute Gasteiger partial charge is 0.295 e. The van der Waals surface area contributed by atoms with Crippen molar-refractivity contribution in [3.8, 4) is 11.5 Å². The van der Waals surface area contributed by atoms with Gasteiger partial charge in [-0.05, 0) is 42.3 Å². The molecule has 0 spiro atoms. The number of hydrogen-bond acceptors (Lipinski definition) is 6. The van der Waals surface area contributed by atoms with Crippen molar-refractivity contribution < 1.29 is 28.9 Å². The summed E-state index contributed by atoms with van der Waals surface area (Å²) in [6.07, 6.45) is 0.538. The number of carbonyl (C=O) groups excluding carboxylic acids is 2. The van der Waals surface area contributed by atoms with Gasteiger partial charge in [0.15, 0.2) is 0 Å². The first-order valence-corrected chi connectivity index (χ1v) is 10.1. The number of ketones is 1. The summed E-state index contributed by atoms with van der Waals surface area (Å²) in [5, 5.41) is 11.4. The van der Waals surface area contributed by atoms with Crippen LogP contribution >= 0.6 is 11.6 Å². The summed E-state index contributed by atoms with van der Waals surface area (Å²) in [5.41, 5.74) is 0.857. The maximum atomic E-state index is 13.0. The van der Waals surface area contributed by atoms with Crippen molar-refractivity contribution in [2.75, 3.05) is 34.5 Å². The Morgan fingerprint density at radius 2 is 1.68 bits per heavy atom. The highest BCUT2D eigenvalue weighted by Crippen LogP contribution is 2.41. The molecular formula is C23H24ClNO6. The summed E-state index contributed by atoms with van der Waals surface area (Å²) >= 11 is 6.29. The number of carbonyl (C=O) groups is 2. The summed E-state index contributed by atoms with van der Waals surface area (Å²) in [5.74, 6) is -0.707. The fourth-order valence-electron chi connectivity index (χ4n) is 3.58. The lowest BCUT2D eigenvalue weighted by Gasteiger charge is -2.25. The quantitative estimate of drug-likeness (QED) is 0.288. The molecule has 8 heteroatoms. The predicted octanol–water partition coefficient (Wildman–Crippen LogP) is 3.82. The Kier molecular flexibility index (Phi) is 7.20. The summed E-state index contributed by atoms with van der Waals surface area (Å²) in [6, 6.07) is 11.0. The number of Topliss-reactive ketones (excluding diaryl/α,β-unsaturated/α-hetero) is 1. The Balaban J connectivity index is 2.15. The first-order valence-electron chi connectivity index (χ1n) is 9.68. The van der Waals surface area contributed by atoms with Crippen molar-refractivity contribution in [1.29, 1.82) is 0 Å². The van der Waals surface area contributed by atoms with Gasteiger partial charge in [0.25, 0.3) is 11.7 Å². The van der Waals surface area contributed by atoms with Crippen LogP contribution in [0, 0.1) is 0 Å². The van der Waals surface area contributed by atoms with Crippen molar-refractivity contribution in [3.63, 3.8) is 0 Å². The van der Waals surface area contributed by atoms with Crippen LogP contribution in [0.2, 0.25) is 5.02 Å². The number of likely N-dealkylation sites (tertiary alicyclic amines) is 1. The number of amides is 1. The number of ether oxygens (including phenoxy) is 3. The SMILES string of the molecule is COCCCN1C(=O)C(=O)/C(=C(/O)c2cc(OC)ccc2Cl)C1c1ccc(OC)cc1. The van der Waals surface area contributed by atoms with Gasteiger partial charge in [-0.3, -0.25) is 9.59 Å². The van der Waals surface area contributed by atoms with Gasteiger partial charge in [0, 0.05) is 25.8 Å². The molecule has 1 fully saturated rings. The fraction of sp³-hybridized carbons (Fsp3) is 0.304. The number of nitrogens with zero attached hydrogens (tertiary/aromatic N) is 1. The number of rotatable bonds is 8. The largest absolute Gasteiger partial charge is 0.507 e. The molecule has 1 heterocycles. The first-order chi connectivity index (χ1) is 14.9. The number of methoxy groups -OCH3 is 3. The van der Waals surface area contributed by atoms with Crippen LogP contribution in [0.4, 0.5) is 0 Å². The van der Waals surface area contributed by atoms with E-state index in [9.17, 15) is 14.7 Å². The second kappa shape index (κ2) is 9.85. The minimum absolute atomic E-state index is 0.0252. The molecule has 2 aromatic carbocycles. The monoisotopic (exact) mass is 445 g/mol. The maximum Gasteiger partial charge on any atom is 0.295 e. The molecule has 1 aliphatic rings. The molecule has 1 amide bonds. The van der Waals surface area contributed by atoms with Gasteiger partial charge < -0.3 is 24.2 Å². The number of benzene rings is 2. The lowest BCUT2D eigenvalue weighted by Crippen LogP contribution is -2.31. The molecular weight excluding hydrogens is 422 g/mol. The van der Waals surface area contributed by atoms with Crippen molar-refractivity contribution >= 4 is 29.1 Å². The third-order valence-electron chi connectivity index (χ3n) is 5.15. The maximum absolute atomic E-state index is 13.0. The second-order valence-corrected chi connectivity index (χ2v) is 7.36. The van der Waals surface area contributed by atoms with Crippen molar-refractivity contribution in [2.45, 2.75) is 12.5 Å². The summed E-state index contributed by atoms with van der Waals surface area (Å²) in [7, 11) is 4.61. The van der Waals surface area contributed by atoms with Gasteiger partial charge in [-0.25, -0.2) is 0 Å². The van der Waals surface area contributed by atoms with E-state index in [2.05, 4.69) is 0 Å². The summed E-state index contributed by atoms with van der Waals surface area (Å²) in [6.45, 7) is 0.720. The minimum Gasteiger partial charge on any atom is -0.507 e. The molecule has 1 unspecified atom stereocenters. The van der Waals surface area contributed by atoms with Crippen LogP contribution in [-0.4, -0.2) is 56.2 Å². The molecule has 0 bridgehead atoms. The molecule has 1 aliphatic heterocycles. The molecule has 2 aromatic rings. The highest BCUT2D eigenvalue weighted by atomic mass is 35.5. The van der Waals surface area contributed by atoms with Crippen LogP contribution in [0.25, 0.3) is 5.76 Å². The van der Waals surface area contributed by atoms with Crippen LogP contribution in [0.5, 0.6) is 11.5 Å². The highest BCUT2D eigenvalue weighted by molar-refractivity contribution is 6.47. The summed E-state index contributed by atoms with van der Waals surface area (Å²) < 4.78 is 15.5. The van der Waals surface area contributed by atoms with E-state index >= 15 is 0 Å². The van der Waals surface area contributed by atoms with Gasteiger partial charge in [-0.2, -0.15) is 0 Å². The standard InChI is InChI=1S/C23H24ClNO6/c1-29-12-4-11-25-20(14-5-7-15(30-2)8-6-14)19(22(27)23(25)28)21(26)17-13-16(31-3)9-10-18(17)24/h5-10,13,20,26H,4,11-12H2,1-3H3/b21-19+. The van der Waals surface area contributed by atoms with Crippen LogP contribution in [0.3, 0.4) is 0 Å². The topological polar surface area (TPSA) is 85.3 Å². The average Bonchev–Trinajstić information content (AvgIpc) is 3.04. The molecule has 31 heavy (non-hydrogen) atoms. The number of halogens is 1. The number of aliphatic hydroxyl groups is 1. The van der Waals surface area contributed by atoms with Gasteiger partial charge in [0.05, 0.1) is 30.9 Å². The van der Waals surface area contributed by atoms with Crippen LogP contribution < -0.4 is 9.47 Å². The van der Waals surface area contributed by atoms with Crippen molar-refractivity contribution in [3.05, 3.63) is 64.2 Å². The van der Waals surface area contributed by atoms with E-state index in [1.54, 1.807) is 50.6 Å². The molecule has 0 aromatic heterocycles. The lowest BCUT2D eigenvalue weighted by molar-refractivity contribution is -0.140. The molecule has 164 valence electrons. The van der Waals surface area contributed by atoms with E-state index in [0.29, 0.717) is 30.1 Å². The van der Waals surface area contributed by atoms with E-state index in [-0.39, 0.29) is 28.5 Å².